The molecule has 214 valence electrons. The second-order valence-corrected chi connectivity index (χ2v) is 9.92. The number of aliphatic hydroxyl groups is 1. The molecule has 0 fully saturated rings. The van der Waals surface area contributed by atoms with Crippen LogP contribution >= 0.6 is 0 Å². The van der Waals surface area contributed by atoms with Crippen molar-refractivity contribution < 1.29 is 39.3 Å². The number of benzene rings is 1. The largest absolute Gasteiger partial charge is 0.481 e. The molecule has 0 aliphatic carbocycles. The summed E-state index contributed by atoms with van der Waals surface area (Å²) in [5, 5.41) is 36.6. The van der Waals surface area contributed by atoms with Crippen molar-refractivity contribution in [2.45, 2.75) is 76.7 Å². The lowest BCUT2D eigenvalue weighted by atomic mass is 10.0. The van der Waals surface area contributed by atoms with Crippen LogP contribution in [0, 0.1) is 5.92 Å². The topological polar surface area (TPSA) is 224 Å². The zero-order chi connectivity index (χ0) is 29.3. The third-order valence-electron chi connectivity index (χ3n) is 6.12. The molecule has 0 saturated heterocycles. The molecule has 13 nitrogen and oxygen atoms in total. The van der Waals surface area contributed by atoms with Crippen molar-refractivity contribution in [1.82, 2.24) is 20.9 Å². The van der Waals surface area contributed by atoms with Gasteiger partial charge in [0.05, 0.1) is 12.1 Å². The molecule has 9 N–H and O–H groups in total. The molecule has 0 bridgehead atoms. The highest BCUT2D eigenvalue weighted by Crippen LogP contribution is 2.19. The van der Waals surface area contributed by atoms with Crippen LogP contribution in [0.25, 0.3) is 10.9 Å². The summed E-state index contributed by atoms with van der Waals surface area (Å²) < 4.78 is 0. The molecule has 0 spiro atoms. The van der Waals surface area contributed by atoms with Crippen LogP contribution in [0.2, 0.25) is 0 Å². The molecular weight excluding hydrogens is 510 g/mol. The van der Waals surface area contributed by atoms with Gasteiger partial charge in [-0.3, -0.25) is 19.2 Å². The lowest BCUT2D eigenvalue weighted by Gasteiger charge is -2.26. The molecule has 0 radical (unpaired) electrons. The predicted molar refractivity (Wildman–Crippen MR) is 141 cm³/mol. The number of nitrogens with one attached hydrogen (secondary N) is 4. The summed E-state index contributed by atoms with van der Waals surface area (Å²) in [5.41, 5.74) is 7.32. The standard InChI is InChI=1S/C26H37N5O8/c1-13(2)10-17(27)23(35)31-22(14(3)32)25(37)30-20(11-15-12-28-18-7-5-4-6-16(15)18)24(36)29-19(26(38)39)8-9-21(33)34/h4-7,12-14,17,19-20,22,28,32H,8-11,27H2,1-3H3,(H,29,36)(H,30,37)(H,31,35)(H,33,34)(H,38,39). The second-order valence-electron chi connectivity index (χ2n) is 9.92. The van der Waals surface area contributed by atoms with Crippen molar-refractivity contribution in [1.29, 1.82) is 0 Å². The number of aliphatic carboxylic acids is 2. The number of aliphatic hydroxyl groups excluding tert-OH is 1. The van der Waals surface area contributed by atoms with Crippen LogP contribution in [0.15, 0.2) is 30.5 Å². The Morgan fingerprint density at radius 1 is 0.923 bits per heavy atom. The van der Waals surface area contributed by atoms with E-state index in [4.69, 9.17) is 10.8 Å². The first-order chi connectivity index (χ1) is 18.3. The third-order valence-corrected chi connectivity index (χ3v) is 6.12. The van der Waals surface area contributed by atoms with Crippen LogP contribution in [0.1, 0.15) is 45.6 Å². The lowest BCUT2D eigenvalue weighted by molar-refractivity contribution is -0.143. The van der Waals surface area contributed by atoms with E-state index in [0.29, 0.717) is 12.0 Å². The van der Waals surface area contributed by atoms with E-state index in [1.807, 2.05) is 26.0 Å². The number of hydrogen-bond donors (Lipinski definition) is 8. The number of nitrogens with two attached hydrogens (primary N) is 1. The van der Waals surface area contributed by atoms with E-state index in [2.05, 4.69) is 20.9 Å². The van der Waals surface area contributed by atoms with Crippen LogP contribution < -0.4 is 21.7 Å². The zero-order valence-electron chi connectivity index (χ0n) is 22.1. The molecule has 0 aliphatic rings. The van der Waals surface area contributed by atoms with E-state index < -0.39 is 66.4 Å². The average molecular weight is 548 g/mol. The monoisotopic (exact) mass is 547 g/mol. The number of aromatic amines is 1. The van der Waals surface area contributed by atoms with E-state index in [-0.39, 0.29) is 18.8 Å². The van der Waals surface area contributed by atoms with Gasteiger partial charge in [0, 0.05) is 29.9 Å². The van der Waals surface area contributed by atoms with Gasteiger partial charge in [-0.15, -0.1) is 0 Å². The Hall–Kier alpha value is -3.97. The summed E-state index contributed by atoms with van der Waals surface area (Å²) in [6.07, 6.45) is -0.291. The van der Waals surface area contributed by atoms with Crippen LogP contribution in [0.3, 0.4) is 0 Å². The second kappa shape index (κ2) is 14.3. The number of carbonyl (C=O) groups is 5. The fourth-order valence-electron chi connectivity index (χ4n) is 4.07. The van der Waals surface area contributed by atoms with E-state index >= 15 is 0 Å². The first-order valence-corrected chi connectivity index (χ1v) is 12.6. The lowest BCUT2D eigenvalue weighted by Crippen LogP contribution is -2.60. The minimum atomic E-state index is -1.52. The third kappa shape index (κ3) is 9.37. The molecule has 5 unspecified atom stereocenters. The van der Waals surface area contributed by atoms with E-state index in [1.54, 1.807) is 18.3 Å². The number of amides is 3. The van der Waals surface area contributed by atoms with Crippen molar-refractivity contribution in [2.75, 3.05) is 0 Å². The molecule has 5 atom stereocenters. The fourth-order valence-corrected chi connectivity index (χ4v) is 4.07. The Bertz CT molecular complexity index is 1180. The molecular formula is C26H37N5O8. The average Bonchev–Trinajstić information content (AvgIpc) is 3.26. The normalized spacial score (nSPS) is 15.1. The molecule has 1 heterocycles. The number of aromatic nitrogens is 1. The molecule has 1 aromatic heterocycles. The number of fused-ring (bicyclic) bond motifs is 1. The summed E-state index contributed by atoms with van der Waals surface area (Å²) in [5.74, 6) is -4.97. The van der Waals surface area contributed by atoms with Gasteiger partial charge < -0.3 is 42.0 Å². The minimum Gasteiger partial charge on any atom is -0.481 e. The number of carboxylic acid groups (broad SMARTS) is 2. The molecule has 0 saturated carbocycles. The van der Waals surface area contributed by atoms with Gasteiger partial charge in [-0.25, -0.2) is 4.79 Å². The van der Waals surface area contributed by atoms with E-state index in [9.17, 15) is 34.2 Å². The van der Waals surface area contributed by atoms with Gasteiger partial charge in [-0.1, -0.05) is 32.0 Å². The molecule has 3 amide bonds. The van der Waals surface area contributed by atoms with Gasteiger partial charge in [0.15, 0.2) is 0 Å². The maximum atomic E-state index is 13.2. The Kier molecular flexibility index (Phi) is 11.4. The van der Waals surface area contributed by atoms with Crippen LogP contribution in [0.4, 0.5) is 0 Å². The molecule has 2 aromatic rings. The van der Waals surface area contributed by atoms with Crippen molar-refractivity contribution in [2.24, 2.45) is 11.7 Å². The van der Waals surface area contributed by atoms with Gasteiger partial charge in [0.1, 0.15) is 18.1 Å². The Balaban J connectivity index is 2.30. The van der Waals surface area contributed by atoms with Gasteiger partial charge in [0.2, 0.25) is 17.7 Å². The fraction of sp³-hybridized carbons (Fsp3) is 0.500. The Morgan fingerprint density at radius 3 is 2.15 bits per heavy atom. The van der Waals surface area contributed by atoms with Gasteiger partial charge in [0.25, 0.3) is 0 Å². The van der Waals surface area contributed by atoms with Gasteiger partial charge >= 0.3 is 11.9 Å². The minimum absolute atomic E-state index is 0.0693. The summed E-state index contributed by atoms with van der Waals surface area (Å²) in [7, 11) is 0. The Labute approximate surface area is 225 Å². The van der Waals surface area contributed by atoms with Gasteiger partial charge in [-0.05, 0) is 37.3 Å². The number of rotatable bonds is 15. The van der Waals surface area contributed by atoms with Crippen molar-refractivity contribution in [3.8, 4) is 0 Å². The molecule has 0 aliphatic heterocycles. The maximum absolute atomic E-state index is 13.2. The first kappa shape index (κ1) is 31.2. The number of hydrogen-bond acceptors (Lipinski definition) is 7. The number of H-pyrrole nitrogens is 1. The van der Waals surface area contributed by atoms with Crippen molar-refractivity contribution >= 4 is 40.6 Å². The predicted octanol–water partition coefficient (Wildman–Crippen LogP) is -0.132. The van der Waals surface area contributed by atoms with Crippen LogP contribution in [0.5, 0.6) is 0 Å². The number of carbonyl (C=O) groups excluding carboxylic acids is 3. The maximum Gasteiger partial charge on any atom is 0.326 e. The quantitative estimate of drug-likeness (QED) is 0.148. The van der Waals surface area contributed by atoms with Crippen molar-refractivity contribution in [3.05, 3.63) is 36.0 Å². The van der Waals surface area contributed by atoms with Crippen molar-refractivity contribution in [3.63, 3.8) is 0 Å². The molecule has 39 heavy (non-hydrogen) atoms. The summed E-state index contributed by atoms with van der Waals surface area (Å²) in [6, 6.07) is 2.01. The zero-order valence-corrected chi connectivity index (χ0v) is 22.1. The van der Waals surface area contributed by atoms with E-state index in [0.717, 1.165) is 10.9 Å². The molecule has 13 heteroatoms. The smallest absolute Gasteiger partial charge is 0.326 e. The Morgan fingerprint density at radius 2 is 1.56 bits per heavy atom. The summed E-state index contributed by atoms with van der Waals surface area (Å²) in [4.78, 5) is 64.6. The SMILES string of the molecule is CC(C)CC(N)C(=O)NC(C(=O)NC(Cc1c[nH]c2ccccc12)C(=O)NC(CCC(=O)O)C(=O)O)C(C)O. The first-order valence-electron chi connectivity index (χ1n) is 12.6. The summed E-state index contributed by atoms with van der Waals surface area (Å²) >= 11 is 0. The highest BCUT2D eigenvalue weighted by Gasteiger charge is 2.33. The number of para-hydroxylation sites is 1. The highest BCUT2D eigenvalue weighted by molar-refractivity contribution is 5.95. The summed E-state index contributed by atoms with van der Waals surface area (Å²) in [6.45, 7) is 5.04. The van der Waals surface area contributed by atoms with Gasteiger partial charge in [-0.2, -0.15) is 0 Å². The highest BCUT2D eigenvalue weighted by atomic mass is 16.4. The van der Waals surface area contributed by atoms with E-state index in [1.165, 1.54) is 6.92 Å². The number of carboxylic acids is 2. The molecule has 2 rings (SSSR count). The van der Waals surface area contributed by atoms with Crippen LogP contribution in [-0.2, 0) is 30.4 Å². The van der Waals surface area contributed by atoms with Crippen LogP contribution in [-0.4, -0.2) is 80.2 Å². The molecule has 1 aromatic carbocycles.